The van der Waals surface area contributed by atoms with Crippen LogP contribution in [0.3, 0.4) is 0 Å². The Hall–Kier alpha value is -0.610. The van der Waals surface area contributed by atoms with Gasteiger partial charge in [0.2, 0.25) is 0 Å². The third-order valence-electron chi connectivity index (χ3n) is 1.20. The van der Waals surface area contributed by atoms with Crippen molar-refractivity contribution in [2.45, 2.75) is 13.3 Å². The van der Waals surface area contributed by atoms with Crippen LogP contribution in [-0.2, 0) is 4.79 Å². The zero-order chi connectivity index (χ0) is 6.69. The number of nitrogens with zero attached hydrogens (tertiary/aromatic N) is 1. The van der Waals surface area contributed by atoms with Crippen molar-refractivity contribution >= 4 is 5.91 Å². The minimum Gasteiger partial charge on any atom is -0.272 e. The van der Waals surface area contributed by atoms with Gasteiger partial charge < -0.3 is 0 Å². The molecule has 4 heteroatoms. The van der Waals surface area contributed by atoms with Crippen LogP contribution in [0.1, 0.15) is 13.3 Å². The maximum Gasteiger partial charge on any atom is 0.253 e. The minimum absolute atomic E-state index is 0.122. The third kappa shape index (κ3) is 1.40. The summed E-state index contributed by atoms with van der Waals surface area (Å²) in [6.07, 6.45) is 0.987. The first-order valence-corrected chi connectivity index (χ1v) is 3.13. The van der Waals surface area contributed by atoms with E-state index in [9.17, 15) is 4.79 Å². The van der Waals surface area contributed by atoms with Crippen LogP contribution in [0.5, 0.6) is 0 Å². The summed E-state index contributed by atoms with van der Waals surface area (Å²) in [5.74, 6) is 0.122. The summed E-state index contributed by atoms with van der Waals surface area (Å²) in [5, 5.41) is 1.58. The van der Waals surface area contributed by atoms with Crippen LogP contribution < -0.4 is 11.0 Å². The fourth-order valence-electron chi connectivity index (χ4n) is 0.773. The highest BCUT2D eigenvalue weighted by Gasteiger charge is 2.17. The summed E-state index contributed by atoms with van der Waals surface area (Å²) in [4.78, 5) is 10.8. The molecule has 0 aliphatic carbocycles. The van der Waals surface area contributed by atoms with Gasteiger partial charge in [0.15, 0.2) is 0 Å². The highest BCUT2D eigenvalue weighted by molar-refractivity contribution is 5.79. The van der Waals surface area contributed by atoms with Crippen molar-refractivity contribution in [1.82, 2.24) is 16.0 Å². The second kappa shape index (κ2) is 2.80. The predicted octanol–water partition coefficient (Wildman–Crippen LogP) is -0.752. The lowest BCUT2D eigenvalue weighted by molar-refractivity contribution is -0.128. The number of carbonyl (C=O) groups is 1. The largest absolute Gasteiger partial charge is 0.272 e. The van der Waals surface area contributed by atoms with Crippen molar-refractivity contribution in [3.8, 4) is 0 Å². The maximum absolute atomic E-state index is 10.8. The molecule has 9 heavy (non-hydrogen) atoms. The molecule has 0 atom stereocenters. The van der Waals surface area contributed by atoms with Crippen molar-refractivity contribution in [2.24, 2.45) is 0 Å². The number of hydrogen-bond acceptors (Lipinski definition) is 3. The number of hydrazine groups is 2. The van der Waals surface area contributed by atoms with E-state index in [-0.39, 0.29) is 5.91 Å². The van der Waals surface area contributed by atoms with E-state index in [1.165, 1.54) is 0 Å². The zero-order valence-electron chi connectivity index (χ0n) is 5.48. The molecule has 0 saturated carbocycles. The molecular weight excluding hydrogens is 118 g/mol. The molecule has 0 aromatic heterocycles. The van der Waals surface area contributed by atoms with Crippen LogP contribution in [0.15, 0.2) is 0 Å². The maximum atomic E-state index is 10.8. The van der Waals surface area contributed by atoms with Crippen LogP contribution >= 0.6 is 0 Å². The number of hydrogen-bond donors (Lipinski definition) is 2. The van der Waals surface area contributed by atoms with Gasteiger partial charge in [-0.25, -0.2) is 5.43 Å². The first-order valence-electron chi connectivity index (χ1n) is 3.13. The summed E-state index contributed by atoms with van der Waals surface area (Å²) in [6, 6.07) is 0. The van der Waals surface area contributed by atoms with Gasteiger partial charge in [-0.15, -0.1) is 0 Å². The van der Waals surface area contributed by atoms with Crippen LogP contribution in [-0.4, -0.2) is 24.0 Å². The highest BCUT2D eigenvalue weighted by atomic mass is 16.2. The standard InChI is InChI=1S/C5H11N3O/c1-2-3-8-5(9)4-6-7-8/h6-7H,2-4H2,1H3. The molecule has 0 aromatic rings. The van der Waals surface area contributed by atoms with Crippen LogP contribution in [0.2, 0.25) is 0 Å². The summed E-state index contributed by atoms with van der Waals surface area (Å²) < 4.78 is 0. The monoisotopic (exact) mass is 129 g/mol. The van der Waals surface area contributed by atoms with E-state index < -0.39 is 0 Å². The van der Waals surface area contributed by atoms with E-state index in [2.05, 4.69) is 11.0 Å². The topological polar surface area (TPSA) is 44.4 Å². The van der Waals surface area contributed by atoms with E-state index in [0.29, 0.717) is 6.54 Å². The molecule has 1 saturated heterocycles. The Balaban J connectivity index is 2.31. The van der Waals surface area contributed by atoms with Gasteiger partial charge >= 0.3 is 0 Å². The molecule has 1 rings (SSSR count). The Morgan fingerprint density at radius 1 is 1.78 bits per heavy atom. The van der Waals surface area contributed by atoms with Crippen molar-refractivity contribution < 1.29 is 4.79 Å². The SMILES string of the molecule is CCCN1NNCC1=O. The van der Waals surface area contributed by atoms with E-state index >= 15 is 0 Å². The van der Waals surface area contributed by atoms with Crippen molar-refractivity contribution in [3.05, 3.63) is 0 Å². The minimum atomic E-state index is 0.122. The van der Waals surface area contributed by atoms with Gasteiger partial charge in [0.1, 0.15) is 0 Å². The number of rotatable bonds is 2. The first-order chi connectivity index (χ1) is 4.34. The van der Waals surface area contributed by atoms with Crippen molar-refractivity contribution in [1.29, 1.82) is 0 Å². The molecule has 4 nitrogen and oxygen atoms in total. The lowest BCUT2D eigenvalue weighted by atomic mass is 10.4. The fraction of sp³-hybridized carbons (Fsp3) is 0.800. The first kappa shape index (κ1) is 6.51. The average molecular weight is 129 g/mol. The van der Waals surface area contributed by atoms with E-state index in [4.69, 9.17) is 0 Å². The number of amides is 1. The summed E-state index contributed by atoms with van der Waals surface area (Å²) >= 11 is 0. The van der Waals surface area contributed by atoms with Gasteiger partial charge in [-0.05, 0) is 6.42 Å². The number of carbonyl (C=O) groups excluding carboxylic acids is 1. The second-order valence-corrected chi connectivity index (χ2v) is 2.01. The van der Waals surface area contributed by atoms with Gasteiger partial charge in [-0.2, -0.15) is 5.53 Å². The second-order valence-electron chi connectivity index (χ2n) is 2.01. The molecule has 0 unspecified atom stereocenters. The normalized spacial score (nSPS) is 19.2. The Kier molecular flexibility index (Phi) is 2.02. The molecule has 1 aliphatic heterocycles. The lowest BCUT2D eigenvalue weighted by Crippen LogP contribution is -2.38. The third-order valence-corrected chi connectivity index (χ3v) is 1.20. The summed E-state index contributed by atoms with van der Waals surface area (Å²) in [5.41, 5.74) is 5.47. The molecule has 0 radical (unpaired) electrons. The molecule has 1 amide bonds. The lowest BCUT2D eigenvalue weighted by Gasteiger charge is -2.11. The molecule has 0 bridgehead atoms. The van der Waals surface area contributed by atoms with Crippen LogP contribution in [0, 0.1) is 0 Å². The van der Waals surface area contributed by atoms with Gasteiger partial charge in [-0.1, -0.05) is 6.92 Å². The molecule has 0 aromatic carbocycles. The fourth-order valence-corrected chi connectivity index (χ4v) is 0.773. The Morgan fingerprint density at radius 2 is 2.56 bits per heavy atom. The average Bonchev–Trinajstić information content (AvgIpc) is 2.18. The molecule has 2 N–H and O–H groups in total. The molecule has 1 aliphatic rings. The van der Waals surface area contributed by atoms with Crippen molar-refractivity contribution in [3.63, 3.8) is 0 Å². The molecule has 0 spiro atoms. The van der Waals surface area contributed by atoms with Gasteiger partial charge in [0, 0.05) is 6.54 Å². The zero-order valence-corrected chi connectivity index (χ0v) is 5.48. The summed E-state index contributed by atoms with van der Waals surface area (Å²) in [7, 11) is 0. The van der Waals surface area contributed by atoms with E-state index in [0.717, 1.165) is 13.0 Å². The Morgan fingerprint density at radius 3 is 3.00 bits per heavy atom. The quantitative estimate of drug-likeness (QED) is 0.515. The molecule has 1 heterocycles. The number of nitrogens with one attached hydrogen (secondary N) is 2. The molecule has 52 valence electrons. The Labute approximate surface area is 54.2 Å². The van der Waals surface area contributed by atoms with E-state index in [1.807, 2.05) is 6.92 Å². The van der Waals surface area contributed by atoms with E-state index in [1.54, 1.807) is 5.01 Å². The highest BCUT2D eigenvalue weighted by Crippen LogP contribution is 1.89. The molecular formula is C5H11N3O. The van der Waals surface area contributed by atoms with Gasteiger partial charge in [0.05, 0.1) is 6.54 Å². The Bertz CT molecular complexity index is 115. The van der Waals surface area contributed by atoms with Crippen LogP contribution in [0.25, 0.3) is 0 Å². The van der Waals surface area contributed by atoms with Crippen LogP contribution in [0.4, 0.5) is 0 Å². The predicted molar refractivity (Wildman–Crippen MR) is 33.1 cm³/mol. The van der Waals surface area contributed by atoms with Gasteiger partial charge in [-0.3, -0.25) is 9.80 Å². The van der Waals surface area contributed by atoms with Crippen molar-refractivity contribution in [2.75, 3.05) is 13.1 Å². The van der Waals surface area contributed by atoms with Gasteiger partial charge in [0.25, 0.3) is 5.91 Å². The smallest absolute Gasteiger partial charge is 0.253 e. The molecule has 1 fully saturated rings. The summed E-state index contributed by atoms with van der Waals surface area (Å²) in [6.45, 7) is 3.24.